The molecule has 2 aromatic heterocycles. The van der Waals surface area contributed by atoms with Crippen molar-refractivity contribution in [3.05, 3.63) is 59.9 Å². The smallest absolute Gasteiger partial charge is 0.191 e. The molecule has 0 spiro atoms. The van der Waals surface area contributed by atoms with E-state index in [1.807, 2.05) is 24.4 Å². The molecule has 0 radical (unpaired) electrons. The summed E-state index contributed by atoms with van der Waals surface area (Å²) in [5.41, 5.74) is 3.37. The number of aromatic nitrogens is 2. The summed E-state index contributed by atoms with van der Waals surface area (Å²) in [5, 5.41) is 8.10. The summed E-state index contributed by atoms with van der Waals surface area (Å²) in [6.45, 7) is 4.34. The number of hydrogen-bond donors (Lipinski definition) is 3. The van der Waals surface area contributed by atoms with Crippen molar-refractivity contribution in [1.29, 1.82) is 0 Å². The van der Waals surface area contributed by atoms with Gasteiger partial charge in [-0.15, -0.1) is 24.0 Å². The number of nitrogens with one attached hydrogen (secondary N) is 3. The monoisotopic (exact) mass is 491 g/mol. The lowest BCUT2D eigenvalue weighted by Crippen LogP contribution is -2.41. The van der Waals surface area contributed by atoms with Gasteiger partial charge >= 0.3 is 0 Å². The van der Waals surface area contributed by atoms with E-state index in [0.717, 1.165) is 43.3 Å². The molecule has 0 bridgehead atoms. The first-order valence-electron chi connectivity index (χ1n) is 9.52. The van der Waals surface area contributed by atoms with Crippen molar-refractivity contribution in [1.82, 2.24) is 20.6 Å². The maximum atomic E-state index is 5.76. The molecule has 148 valence electrons. The molecule has 6 nitrogen and oxygen atoms in total. The van der Waals surface area contributed by atoms with E-state index in [9.17, 15) is 0 Å². The van der Waals surface area contributed by atoms with Crippen LogP contribution >= 0.6 is 24.0 Å². The SMILES string of the molecule is CCNC(=NCCc1c[nH]c2ncccc12)NC1CCOc2ccccc21.I. The molecule has 4 rings (SSSR count). The van der Waals surface area contributed by atoms with Crippen LogP contribution < -0.4 is 15.4 Å². The number of ether oxygens (including phenoxy) is 1. The molecule has 28 heavy (non-hydrogen) atoms. The Morgan fingerprint density at radius 1 is 1.29 bits per heavy atom. The number of para-hydroxylation sites is 1. The number of rotatable bonds is 5. The Kier molecular flexibility index (Phi) is 7.13. The summed E-state index contributed by atoms with van der Waals surface area (Å²) in [7, 11) is 0. The molecule has 3 aromatic rings. The third kappa shape index (κ3) is 4.57. The average molecular weight is 491 g/mol. The average Bonchev–Trinajstić information content (AvgIpc) is 3.12. The normalized spacial score (nSPS) is 16.0. The lowest BCUT2D eigenvalue weighted by atomic mass is 10.0. The number of nitrogens with zero attached hydrogens (tertiary/aromatic N) is 2. The van der Waals surface area contributed by atoms with E-state index in [4.69, 9.17) is 9.73 Å². The zero-order valence-corrected chi connectivity index (χ0v) is 18.3. The molecule has 1 aliphatic heterocycles. The van der Waals surface area contributed by atoms with Crippen LogP contribution in [-0.2, 0) is 6.42 Å². The molecule has 3 N–H and O–H groups in total. The fourth-order valence-corrected chi connectivity index (χ4v) is 3.48. The molecule has 0 saturated carbocycles. The van der Waals surface area contributed by atoms with E-state index in [2.05, 4.69) is 45.7 Å². The Balaban J connectivity index is 0.00000225. The van der Waals surface area contributed by atoms with Crippen LogP contribution in [0, 0.1) is 0 Å². The third-order valence-corrected chi connectivity index (χ3v) is 4.80. The minimum atomic E-state index is 0. The van der Waals surface area contributed by atoms with E-state index in [-0.39, 0.29) is 30.0 Å². The number of halogens is 1. The molecular formula is C21H26IN5O. The minimum absolute atomic E-state index is 0. The molecule has 1 atom stereocenters. The molecule has 0 saturated heterocycles. The summed E-state index contributed by atoms with van der Waals surface area (Å²) in [6.07, 6.45) is 5.63. The molecule has 1 unspecified atom stereocenters. The topological polar surface area (TPSA) is 74.3 Å². The summed E-state index contributed by atoms with van der Waals surface area (Å²) in [6, 6.07) is 12.5. The molecule has 7 heteroatoms. The highest BCUT2D eigenvalue weighted by molar-refractivity contribution is 14.0. The Morgan fingerprint density at radius 2 is 2.18 bits per heavy atom. The highest BCUT2D eigenvalue weighted by atomic mass is 127. The van der Waals surface area contributed by atoms with Crippen molar-refractivity contribution in [2.45, 2.75) is 25.8 Å². The highest BCUT2D eigenvalue weighted by Gasteiger charge is 2.21. The van der Waals surface area contributed by atoms with Crippen LogP contribution in [0.5, 0.6) is 5.75 Å². The van der Waals surface area contributed by atoms with Crippen LogP contribution in [0.1, 0.15) is 30.5 Å². The fraction of sp³-hybridized carbons (Fsp3) is 0.333. The van der Waals surface area contributed by atoms with Gasteiger partial charge in [-0.25, -0.2) is 4.98 Å². The second-order valence-electron chi connectivity index (χ2n) is 6.60. The summed E-state index contributed by atoms with van der Waals surface area (Å²) < 4.78 is 5.76. The van der Waals surface area contributed by atoms with Gasteiger partial charge in [0.25, 0.3) is 0 Å². The predicted octanol–water partition coefficient (Wildman–Crippen LogP) is 3.80. The number of guanidine groups is 1. The van der Waals surface area contributed by atoms with Crippen molar-refractivity contribution >= 4 is 41.0 Å². The number of aromatic amines is 1. The number of H-pyrrole nitrogens is 1. The molecule has 0 aliphatic carbocycles. The van der Waals surface area contributed by atoms with Gasteiger partial charge in [-0.2, -0.15) is 0 Å². The first-order valence-corrected chi connectivity index (χ1v) is 9.52. The van der Waals surface area contributed by atoms with E-state index in [1.54, 1.807) is 6.20 Å². The van der Waals surface area contributed by atoms with Crippen LogP contribution in [0.4, 0.5) is 0 Å². The van der Waals surface area contributed by atoms with Crippen molar-refractivity contribution in [3.63, 3.8) is 0 Å². The summed E-state index contributed by atoms with van der Waals surface area (Å²) >= 11 is 0. The second-order valence-corrected chi connectivity index (χ2v) is 6.60. The van der Waals surface area contributed by atoms with Gasteiger partial charge in [0.15, 0.2) is 5.96 Å². The van der Waals surface area contributed by atoms with E-state index >= 15 is 0 Å². The lowest BCUT2D eigenvalue weighted by Gasteiger charge is -2.28. The van der Waals surface area contributed by atoms with E-state index in [0.29, 0.717) is 6.54 Å². The van der Waals surface area contributed by atoms with E-state index in [1.165, 1.54) is 16.5 Å². The predicted molar refractivity (Wildman–Crippen MR) is 124 cm³/mol. The Bertz CT molecular complexity index is 939. The van der Waals surface area contributed by atoms with Gasteiger partial charge in [0.1, 0.15) is 11.4 Å². The number of aliphatic imine (C=N–C) groups is 1. The lowest BCUT2D eigenvalue weighted by molar-refractivity contribution is 0.261. The molecule has 0 amide bonds. The number of benzene rings is 1. The number of hydrogen-bond acceptors (Lipinski definition) is 3. The van der Waals surface area contributed by atoms with Crippen LogP contribution in [0.2, 0.25) is 0 Å². The molecule has 0 fully saturated rings. The van der Waals surface area contributed by atoms with Gasteiger partial charge in [0.05, 0.1) is 12.6 Å². The van der Waals surface area contributed by atoms with Crippen LogP contribution in [-0.4, -0.2) is 35.6 Å². The van der Waals surface area contributed by atoms with Crippen molar-refractivity contribution < 1.29 is 4.74 Å². The third-order valence-electron chi connectivity index (χ3n) is 4.80. The molecule has 1 aliphatic rings. The quantitative estimate of drug-likeness (QED) is 0.289. The first kappa shape index (κ1) is 20.4. The fourth-order valence-electron chi connectivity index (χ4n) is 3.48. The van der Waals surface area contributed by atoms with Gasteiger partial charge in [-0.05, 0) is 37.1 Å². The molecule has 1 aromatic carbocycles. The van der Waals surface area contributed by atoms with Gasteiger partial charge in [0.2, 0.25) is 0 Å². The summed E-state index contributed by atoms with van der Waals surface area (Å²) in [4.78, 5) is 12.4. The van der Waals surface area contributed by atoms with Crippen LogP contribution in [0.25, 0.3) is 11.0 Å². The zero-order chi connectivity index (χ0) is 18.5. The standard InChI is InChI=1S/C21H25N5O.HI/c1-2-22-21(26-18-10-13-27-19-8-4-3-6-17(18)19)24-12-9-15-14-25-20-16(15)7-5-11-23-20;/h3-8,11,14,18H,2,9-10,12-13H2,1H3,(H,23,25)(H2,22,24,26);1H. The number of pyridine rings is 1. The maximum Gasteiger partial charge on any atom is 0.191 e. The van der Waals surface area contributed by atoms with Gasteiger partial charge in [-0.1, -0.05) is 18.2 Å². The van der Waals surface area contributed by atoms with E-state index < -0.39 is 0 Å². The van der Waals surface area contributed by atoms with Gasteiger partial charge in [-0.3, -0.25) is 4.99 Å². The first-order chi connectivity index (χ1) is 13.3. The molecule has 3 heterocycles. The minimum Gasteiger partial charge on any atom is -0.493 e. The van der Waals surface area contributed by atoms with Crippen LogP contribution in [0.3, 0.4) is 0 Å². The van der Waals surface area contributed by atoms with Gasteiger partial charge in [0, 0.05) is 42.9 Å². The maximum absolute atomic E-state index is 5.76. The van der Waals surface area contributed by atoms with Gasteiger partial charge < -0.3 is 20.4 Å². The number of fused-ring (bicyclic) bond motifs is 2. The van der Waals surface area contributed by atoms with Crippen LogP contribution in [0.15, 0.2) is 53.8 Å². The highest BCUT2D eigenvalue weighted by Crippen LogP contribution is 2.31. The Morgan fingerprint density at radius 3 is 3.07 bits per heavy atom. The van der Waals surface area contributed by atoms with Crippen molar-refractivity contribution in [3.8, 4) is 5.75 Å². The zero-order valence-electron chi connectivity index (χ0n) is 15.9. The Hall–Kier alpha value is -2.29. The largest absolute Gasteiger partial charge is 0.493 e. The Labute approximate surface area is 182 Å². The van der Waals surface area contributed by atoms with Crippen molar-refractivity contribution in [2.75, 3.05) is 19.7 Å². The molecular weight excluding hydrogens is 465 g/mol. The summed E-state index contributed by atoms with van der Waals surface area (Å²) in [5.74, 6) is 1.81. The van der Waals surface area contributed by atoms with Crippen molar-refractivity contribution in [2.24, 2.45) is 4.99 Å². The second kappa shape index (κ2) is 9.77.